The summed E-state index contributed by atoms with van der Waals surface area (Å²) in [6.45, 7) is 11.4. The van der Waals surface area contributed by atoms with Gasteiger partial charge in [0.1, 0.15) is 0 Å². The Morgan fingerprint density at radius 2 is 0.980 bits per heavy atom. The van der Waals surface area contributed by atoms with Gasteiger partial charge in [-0.15, -0.1) is 0 Å². The molecule has 4 heterocycles. The van der Waals surface area contributed by atoms with Gasteiger partial charge in [-0.05, 0) is 0 Å². The summed E-state index contributed by atoms with van der Waals surface area (Å²) >= 11 is 4.55. The van der Waals surface area contributed by atoms with Gasteiger partial charge in [-0.2, -0.15) is 0 Å². The second-order valence-electron chi connectivity index (χ2n) is 6.82. The Balaban J connectivity index is -0.000000262. The predicted molar refractivity (Wildman–Crippen MR) is 308 cm³/mol. The molecule has 0 aromatic heterocycles. The summed E-state index contributed by atoms with van der Waals surface area (Å²) in [5.74, 6) is 3.92. The van der Waals surface area contributed by atoms with E-state index in [-0.39, 0.29) is 180 Å². The number of hydrogen-bond acceptors (Lipinski definition) is 20. The SMILES string of the molecule is C.C.C1[S][Sn][S]1.C1[S][Sn][S]C[S][Sn][S]1.CCSCSC([S][Sn][S]CC)[S][Sn][S]CC.C[S][Sn][S]C.C[S][Sn][S]C(C)C.[S]1[Sn][S]C12[S][Sn][S]2. The minimum absolute atomic E-state index is 0. The maximum absolute atomic E-state index is 2.32. The van der Waals surface area contributed by atoms with Crippen molar-refractivity contribution in [1.29, 1.82) is 0 Å². The first kappa shape index (κ1) is 69.8. The van der Waals surface area contributed by atoms with Gasteiger partial charge in [0, 0.05) is 0 Å². The molecule has 4 saturated heterocycles. The Morgan fingerprint density at radius 3 is 1.20 bits per heavy atom. The van der Waals surface area contributed by atoms with E-state index in [0.29, 0.717) is 0 Å². The van der Waals surface area contributed by atoms with Crippen LogP contribution in [0.1, 0.15) is 49.5 Å². The molecular weight excluding hydrogens is 1950 g/mol. The molecular formula is C20H48S20Sn9. The van der Waals surface area contributed by atoms with Crippen LogP contribution in [0.25, 0.3) is 0 Å². The molecule has 0 bridgehead atoms. The average molecular weight is 2000 g/mol. The third-order valence-corrected chi connectivity index (χ3v) is 139. The third kappa shape index (κ3) is 56.4. The van der Waals surface area contributed by atoms with Gasteiger partial charge in [0.05, 0.1) is 0 Å². The van der Waals surface area contributed by atoms with Crippen LogP contribution < -0.4 is 0 Å². The van der Waals surface area contributed by atoms with Crippen molar-refractivity contribution in [3.8, 4) is 0 Å². The van der Waals surface area contributed by atoms with E-state index in [9.17, 15) is 0 Å². The van der Waals surface area contributed by atoms with E-state index in [0.717, 1.165) is 11.9 Å². The fraction of sp³-hybridized carbons (Fsp3) is 1.00. The molecule has 0 saturated carbocycles. The zero-order chi connectivity index (χ0) is 35.1. The summed E-state index contributed by atoms with van der Waals surface area (Å²) in [5, 5.41) is 6.47. The summed E-state index contributed by atoms with van der Waals surface area (Å²) in [6, 6.07) is 0. The molecule has 49 heavy (non-hydrogen) atoms. The Hall–Kier alpha value is 14.2. The van der Waals surface area contributed by atoms with Crippen LogP contribution in [-0.4, -0.2) is 234 Å². The summed E-state index contributed by atoms with van der Waals surface area (Å²) in [7, 11) is 39.9. The van der Waals surface area contributed by atoms with E-state index >= 15 is 0 Å². The molecule has 0 amide bonds. The Labute approximate surface area is 454 Å². The molecule has 0 nitrogen and oxygen atoms in total. The number of rotatable bonds is 17. The van der Waals surface area contributed by atoms with Crippen LogP contribution in [0.15, 0.2) is 0 Å². The quantitative estimate of drug-likeness (QED) is 0.0770. The molecule has 0 atom stereocenters. The van der Waals surface area contributed by atoms with Crippen molar-refractivity contribution >= 4 is 350 Å². The summed E-state index contributed by atoms with van der Waals surface area (Å²) in [5.41, 5.74) is 0. The fourth-order valence-electron chi connectivity index (χ4n) is 1.37. The molecule has 0 N–H and O–H groups in total. The van der Waals surface area contributed by atoms with Crippen molar-refractivity contribution in [3.63, 3.8) is 0 Å². The molecule has 18 radical (unpaired) electrons. The summed E-state index contributed by atoms with van der Waals surface area (Å²) in [6.07, 6.45) is 6.58. The molecule has 4 aliphatic heterocycles. The summed E-state index contributed by atoms with van der Waals surface area (Å²) in [4.78, 5) is 0. The molecule has 0 aliphatic carbocycles. The van der Waals surface area contributed by atoms with E-state index in [1.54, 1.807) is 0 Å². The first-order valence-corrected chi connectivity index (χ1v) is 95.7. The van der Waals surface area contributed by atoms with Gasteiger partial charge in [-0.1, -0.05) is 14.9 Å². The molecule has 0 aromatic carbocycles. The molecule has 29 heteroatoms. The van der Waals surface area contributed by atoms with Gasteiger partial charge >= 0.3 is 453 Å². The van der Waals surface area contributed by atoms with Gasteiger partial charge in [-0.3, -0.25) is 0 Å². The van der Waals surface area contributed by atoms with Crippen LogP contribution in [0, 0.1) is 0 Å². The monoisotopic (exact) mass is 2010 g/mol. The Morgan fingerprint density at radius 1 is 0.571 bits per heavy atom. The van der Waals surface area contributed by atoms with E-state index in [1.807, 2.05) is 17.9 Å². The van der Waals surface area contributed by atoms with E-state index in [2.05, 4.69) is 220 Å². The second-order valence-corrected chi connectivity index (χ2v) is 113. The van der Waals surface area contributed by atoms with Crippen LogP contribution >= 0.6 is 185 Å². The summed E-state index contributed by atoms with van der Waals surface area (Å²) < 4.78 is 1.65. The van der Waals surface area contributed by atoms with E-state index < -0.39 is 0 Å². The van der Waals surface area contributed by atoms with Crippen molar-refractivity contribution in [2.24, 2.45) is 0 Å². The van der Waals surface area contributed by atoms with Crippen LogP contribution in [0.2, 0.25) is 0 Å². The van der Waals surface area contributed by atoms with Crippen molar-refractivity contribution in [1.82, 2.24) is 0 Å². The first-order chi connectivity index (χ1) is 22.9. The Kier molecular flexibility index (Phi) is 85.7. The predicted octanol–water partition coefficient (Wildman–Crippen LogP) is 13.8. The average Bonchev–Trinajstić information content (AvgIpc) is 2.95. The van der Waals surface area contributed by atoms with Gasteiger partial charge < -0.3 is 0 Å². The van der Waals surface area contributed by atoms with Crippen molar-refractivity contribution in [3.05, 3.63) is 0 Å². The fourth-order valence-corrected chi connectivity index (χ4v) is 169. The molecule has 284 valence electrons. The molecule has 0 unspecified atom stereocenters. The Bertz CT molecular complexity index is 525. The van der Waals surface area contributed by atoms with Crippen molar-refractivity contribution in [2.45, 2.75) is 61.4 Å². The number of hydrogen-bond donors (Lipinski definition) is 0. The topological polar surface area (TPSA) is 0 Å². The standard InChI is InChI=1S/C4H10S4.C3H8S.2C2H6S.CH4S4.3CH4S2.3CH4S.2CH4.9Sn/c1-2-7-3-8-4(5)6;1-3(2)4;2*1-2-3;2-1(3,4)5;3*2-1-3;3*1-2;;;;;;;;;;;/h4-6H,2-3H2,1H3;3-4H,1-2H3;2*3H,2H2,1H3;2-5H;3*2-3H,1H2;3*2H,1H3;2*1H4;;;;;;;;;/q;;;;;;;;;;;;;9*+2/p-18. The molecule has 0 aromatic rings. The van der Waals surface area contributed by atoms with Crippen molar-refractivity contribution < 1.29 is 0 Å². The molecule has 4 rings (SSSR count). The van der Waals surface area contributed by atoms with Crippen LogP contribution in [0.5, 0.6) is 0 Å². The van der Waals surface area contributed by atoms with Crippen molar-refractivity contribution in [2.75, 3.05) is 56.4 Å². The number of thioether (sulfide) groups is 2. The molecule has 4 aliphatic rings. The molecule has 1 spiro atoms. The normalized spacial score (nSPS) is 16.8. The third-order valence-electron chi connectivity index (χ3n) is 3.09. The minimum atomic E-state index is -0.168. The van der Waals surface area contributed by atoms with Gasteiger partial charge in [0.25, 0.3) is 0 Å². The first-order valence-electron chi connectivity index (χ1n) is 13.1. The second kappa shape index (κ2) is 60.2. The van der Waals surface area contributed by atoms with Gasteiger partial charge in [0.2, 0.25) is 0 Å². The van der Waals surface area contributed by atoms with E-state index in [1.165, 1.54) is 37.6 Å². The maximum atomic E-state index is 2.32. The van der Waals surface area contributed by atoms with Gasteiger partial charge in [-0.25, -0.2) is 0 Å². The van der Waals surface area contributed by atoms with Crippen LogP contribution in [0.4, 0.5) is 0 Å². The van der Waals surface area contributed by atoms with Gasteiger partial charge in [0.15, 0.2) is 0 Å². The van der Waals surface area contributed by atoms with Crippen LogP contribution in [-0.2, 0) is 0 Å². The molecule has 4 fully saturated rings. The van der Waals surface area contributed by atoms with Crippen LogP contribution in [0.3, 0.4) is 0 Å². The zero-order valence-corrected chi connectivity index (χ0v) is 69.3. The van der Waals surface area contributed by atoms with E-state index in [4.69, 9.17) is 0 Å². The zero-order valence-electron chi connectivity index (χ0n) is 27.3.